The third-order valence-electron chi connectivity index (χ3n) is 4.80. The van der Waals surface area contributed by atoms with E-state index in [-0.39, 0.29) is 41.9 Å². The number of rotatable bonds is 8. The highest BCUT2D eigenvalue weighted by atomic mass is 32.2. The summed E-state index contributed by atoms with van der Waals surface area (Å²) >= 11 is 1.50. The Bertz CT molecular complexity index is 1300. The highest BCUT2D eigenvalue weighted by Gasteiger charge is 2.31. The van der Waals surface area contributed by atoms with Gasteiger partial charge in [-0.25, -0.2) is 26.5 Å². The predicted molar refractivity (Wildman–Crippen MR) is 122 cm³/mol. The number of nitrogens with one attached hydrogen (secondary N) is 2. The lowest BCUT2D eigenvalue weighted by Crippen LogP contribution is -2.35. The number of sulfonamides is 1. The lowest BCUT2D eigenvalue weighted by atomic mass is 10.3. The topological polar surface area (TPSA) is 132 Å². The minimum Gasteiger partial charge on any atom is -0.364 e. The second-order valence-corrected chi connectivity index (χ2v) is 12.4. The van der Waals surface area contributed by atoms with E-state index < -0.39 is 25.9 Å². The van der Waals surface area contributed by atoms with Crippen molar-refractivity contribution in [2.75, 3.05) is 23.4 Å². The Morgan fingerprint density at radius 2 is 1.91 bits per heavy atom. The van der Waals surface area contributed by atoms with E-state index in [1.54, 1.807) is 0 Å². The molecule has 1 amide bonds. The zero-order valence-electron chi connectivity index (χ0n) is 16.9. The molecule has 1 unspecified atom stereocenters. The summed E-state index contributed by atoms with van der Waals surface area (Å²) in [5, 5.41) is 3.42. The third-order valence-corrected chi connectivity index (χ3v) is 9.11. The largest absolute Gasteiger partial charge is 0.364 e. The molecule has 2 heterocycles. The number of para-hydroxylation sites is 1. The number of anilines is 1. The number of carbonyl (C=O) groups excluding carboxylic acids is 1. The van der Waals surface area contributed by atoms with Gasteiger partial charge in [-0.05, 0) is 42.8 Å². The summed E-state index contributed by atoms with van der Waals surface area (Å²) in [6.45, 7) is 0.0419. The third kappa shape index (κ3) is 5.70. The molecule has 12 heteroatoms. The van der Waals surface area contributed by atoms with Crippen LogP contribution >= 0.6 is 11.3 Å². The lowest BCUT2D eigenvalue weighted by Gasteiger charge is -2.12. The number of nitrogens with zero attached hydrogens (tertiary/aromatic N) is 1. The molecule has 32 heavy (non-hydrogen) atoms. The zero-order valence-corrected chi connectivity index (χ0v) is 19.3. The van der Waals surface area contributed by atoms with E-state index in [2.05, 4.69) is 15.0 Å². The number of aromatic nitrogens is 1. The Hall–Kier alpha value is -2.38. The number of benzene rings is 2. The summed E-state index contributed by atoms with van der Waals surface area (Å²) in [5.74, 6) is -0.597. The molecule has 1 atom stereocenters. The first-order valence-corrected chi connectivity index (χ1v) is 13.9. The van der Waals surface area contributed by atoms with Crippen LogP contribution in [0.1, 0.15) is 11.4 Å². The van der Waals surface area contributed by atoms with Gasteiger partial charge >= 0.3 is 0 Å². The Morgan fingerprint density at radius 1 is 1.16 bits per heavy atom. The van der Waals surface area contributed by atoms with Gasteiger partial charge in [0.1, 0.15) is 11.6 Å². The SMILES string of the molecule is O=C(COCc1nc2ccccc2s1)Nc1ccc(S(=O)(=O)NC2CCS(=O)(=O)C2)cc1. The van der Waals surface area contributed by atoms with Crippen molar-refractivity contribution in [1.29, 1.82) is 0 Å². The van der Waals surface area contributed by atoms with E-state index in [9.17, 15) is 21.6 Å². The molecule has 0 radical (unpaired) electrons. The van der Waals surface area contributed by atoms with Gasteiger partial charge in [-0.15, -0.1) is 11.3 Å². The van der Waals surface area contributed by atoms with Crippen molar-refractivity contribution in [3.05, 3.63) is 53.5 Å². The molecular formula is C20H21N3O6S3. The molecule has 2 N–H and O–H groups in total. The fourth-order valence-corrected chi connectivity index (χ4v) is 7.26. The van der Waals surface area contributed by atoms with E-state index in [0.29, 0.717) is 5.69 Å². The number of carbonyl (C=O) groups is 1. The number of thiazole rings is 1. The van der Waals surface area contributed by atoms with Crippen molar-refractivity contribution in [2.24, 2.45) is 0 Å². The lowest BCUT2D eigenvalue weighted by molar-refractivity contribution is -0.121. The van der Waals surface area contributed by atoms with Crippen LogP contribution in [0.2, 0.25) is 0 Å². The van der Waals surface area contributed by atoms with Gasteiger partial charge in [0.2, 0.25) is 15.9 Å². The second kappa shape index (κ2) is 9.24. The Morgan fingerprint density at radius 3 is 2.59 bits per heavy atom. The van der Waals surface area contributed by atoms with Crippen LogP contribution in [0.15, 0.2) is 53.4 Å². The average molecular weight is 496 g/mol. The van der Waals surface area contributed by atoms with Crippen molar-refractivity contribution in [3.8, 4) is 0 Å². The number of hydrogen-bond donors (Lipinski definition) is 2. The van der Waals surface area contributed by atoms with E-state index in [1.807, 2.05) is 24.3 Å². The zero-order chi connectivity index (χ0) is 22.8. The predicted octanol–water partition coefficient (Wildman–Crippen LogP) is 1.92. The van der Waals surface area contributed by atoms with Crippen LogP contribution in [0.3, 0.4) is 0 Å². The molecule has 4 rings (SSSR count). The van der Waals surface area contributed by atoms with Crippen LogP contribution in [-0.4, -0.2) is 51.9 Å². The van der Waals surface area contributed by atoms with Crippen LogP contribution in [0.4, 0.5) is 5.69 Å². The Kier molecular flexibility index (Phi) is 6.58. The highest BCUT2D eigenvalue weighted by Crippen LogP contribution is 2.22. The molecule has 9 nitrogen and oxygen atoms in total. The maximum atomic E-state index is 12.5. The minimum atomic E-state index is -3.85. The Labute approximate surface area is 189 Å². The maximum Gasteiger partial charge on any atom is 0.250 e. The molecule has 3 aromatic rings. The molecule has 170 valence electrons. The van der Waals surface area contributed by atoms with Crippen molar-refractivity contribution >= 4 is 53.0 Å². The number of hydrogen-bond acceptors (Lipinski definition) is 8. The van der Waals surface area contributed by atoms with Gasteiger partial charge < -0.3 is 10.1 Å². The van der Waals surface area contributed by atoms with E-state index in [1.165, 1.54) is 35.6 Å². The molecule has 1 aliphatic heterocycles. The molecule has 1 saturated heterocycles. The smallest absolute Gasteiger partial charge is 0.250 e. The quantitative estimate of drug-likeness (QED) is 0.488. The summed E-state index contributed by atoms with van der Waals surface area (Å²) in [6, 6.07) is 12.7. The standard InChI is InChI=1S/C20H21N3O6S3/c24-19(11-29-12-20-22-17-3-1-2-4-18(17)30-20)21-14-5-7-16(8-6-14)32(27,28)23-15-9-10-31(25,26)13-15/h1-8,15,23H,9-13H2,(H,21,24). The van der Waals surface area contributed by atoms with Crippen molar-refractivity contribution in [3.63, 3.8) is 0 Å². The highest BCUT2D eigenvalue weighted by molar-refractivity contribution is 7.92. The molecule has 0 aliphatic carbocycles. The molecule has 1 aromatic heterocycles. The van der Waals surface area contributed by atoms with Gasteiger partial charge in [-0.2, -0.15) is 0 Å². The van der Waals surface area contributed by atoms with Crippen LogP contribution < -0.4 is 10.0 Å². The van der Waals surface area contributed by atoms with Gasteiger partial charge in [0, 0.05) is 11.7 Å². The number of sulfone groups is 1. The number of ether oxygens (including phenoxy) is 1. The first-order chi connectivity index (χ1) is 15.2. The van der Waals surface area contributed by atoms with E-state index in [0.717, 1.165) is 15.2 Å². The molecule has 0 saturated carbocycles. The summed E-state index contributed by atoms with van der Waals surface area (Å²) in [5.41, 5.74) is 1.31. The monoisotopic (exact) mass is 495 g/mol. The molecule has 0 bridgehead atoms. The first kappa shape index (κ1) is 22.8. The van der Waals surface area contributed by atoms with Crippen LogP contribution in [-0.2, 0) is 36.0 Å². The van der Waals surface area contributed by atoms with Crippen molar-refractivity contribution in [2.45, 2.75) is 24.0 Å². The fraction of sp³-hybridized carbons (Fsp3) is 0.300. The summed E-state index contributed by atoms with van der Waals surface area (Å²) in [6.07, 6.45) is 0.257. The van der Waals surface area contributed by atoms with Crippen LogP contribution in [0.25, 0.3) is 10.2 Å². The van der Waals surface area contributed by atoms with Gasteiger partial charge in [-0.3, -0.25) is 4.79 Å². The van der Waals surface area contributed by atoms with Crippen LogP contribution in [0, 0.1) is 0 Å². The maximum absolute atomic E-state index is 12.5. The van der Waals surface area contributed by atoms with Crippen molar-refractivity contribution in [1.82, 2.24) is 9.71 Å². The summed E-state index contributed by atoms with van der Waals surface area (Å²) < 4.78 is 56.9. The molecule has 1 aliphatic rings. The normalized spacial score (nSPS) is 18.1. The van der Waals surface area contributed by atoms with Crippen LogP contribution in [0.5, 0.6) is 0 Å². The van der Waals surface area contributed by atoms with Gasteiger partial charge in [-0.1, -0.05) is 12.1 Å². The summed E-state index contributed by atoms with van der Waals surface area (Å²) in [4.78, 5) is 16.5. The van der Waals surface area contributed by atoms with Gasteiger partial charge in [0.25, 0.3) is 0 Å². The fourth-order valence-electron chi connectivity index (χ4n) is 3.30. The molecular weight excluding hydrogens is 474 g/mol. The number of fused-ring (bicyclic) bond motifs is 1. The van der Waals surface area contributed by atoms with Gasteiger partial charge in [0.15, 0.2) is 9.84 Å². The molecule has 0 spiro atoms. The summed E-state index contributed by atoms with van der Waals surface area (Å²) in [7, 11) is -7.05. The molecule has 2 aromatic carbocycles. The van der Waals surface area contributed by atoms with E-state index >= 15 is 0 Å². The minimum absolute atomic E-state index is 0.00752. The van der Waals surface area contributed by atoms with Crippen molar-refractivity contribution < 1.29 is 26.4 Å². The molecule has 1 fully saturated rings. The number of amides is 1. The second-order valence-electron chi connectivity index (χ2n) is 7.36. The first-order valence-electron chi connectivity index (χ1n) is 9.75. The average Bonchev–Trinajstić information content (AvgIpc) is 3.29. The Balaban J connectivity index is 1.27. The van der Waals surface area contributed by atoms with Gasteiger partial charge in [0.05, 0.1) is 33.2 Å². The van der Waals surface area contributed by atoms with E-state index in [4.69, 9.17) is 4.74 Å².